The molecule has 1 rings (SSSR count). The third-order valence-corrected chi connectivity index (χ3v) is 1.39. The Labute approximate surface area is 99.2 Å². The molecule has 1 amide bonds. The number of halogens is 3. The number of nitrogens with zero attached hydrogens (tertiary/aromatic N) is 1. The van der Waals surface area contributed by atoms with Gasteiger partial charge in [-0.2, -0.15) is 13.2 Å². The van der Waals surface area contributed by atoms with Crippen molar-refractivity contribution in [1.29, 1.82) is 0 Å². The van der Waals surface area contributed by atoms with Gasteiger partial charge in [-0.1, -0.05) is 0 Å². The summed E-state index contributed by atoms with van der Waals surface area (Å²) in [5, 5.41) is 6.89. The van der Waals surface area contributed by atoms with Gasteiger partial charge in [-0.25, -0.2) is 4.98 Å². The molecule has 0 unspecified atom stereocenters. The fraction of sp³-hybridized carbons (Fsp3) is 0.222. The number of nitrogens with two attached hydrogens (primary N) is 1. The third kappa shape index (κ3) is 7.04. The first-order chi connectivity index (χ1) is 8.30. The minimum absolute atomic E-state index is 0.0330. The number of carbonyl (C=O) groups excluding carboxylic acids is 1. The molecule has 0 aromatic carbocycles. The molecule has 6 nitrogen and oxygen atoms in total. The van der Waals surface area contributed by atoms with Crippen LogP contribution < -0.4 is 10.5 Å². The predicted octanol–water partition coefficient (Wildman–Crippen LogP) is 0.822. The number of aromatic nitrogens is 1. The van der Waals surface area contributed by atoms with Gasteiger partial charge < -0.3 is 15.6 Å². The lowest BCUT2D eigenvalue weighted by atomic mass is 10.3. The Morgan fingerprint density at radius 2 is 2.06 bits per heavy atom. The molecule has 1 aromatic heterocycles. The summed E-state index contributed by atoms with van der Waals surface area (Å²) in [7, 11) is 0. The van der Waals surface area contributed by atoms with Gasteiger partial charge in [0.05, 0.1) is 6.20 Å². The highest BCUT2D eigenvalue weighted by atomic mass is 19.4. The first kappa shape index (κ1) is 15.7. The van der Waals surface area contributed by atoms with Crippen LogP contribution in [0.5, 0.6) is 5.75 Å². The van der Waals surface area contributed by atoms with Crippen LogP contribution in [0, 0.1) is 0 Å². The van der Waals surface area contributed by atoms with Crippen molar-refractivity contribution in [2.45, 2.75) is 6.18 Å². The van der Waals surface area contributed by atoms with E-state index in [1.54, 1.807) is 0 Å². The van der Waals surface area contributed by atoms with Crippen LogP contribution in [0.2, 0.25) is 0 Å². The van der Waals surface area contributed by atoms with E-state index < -0.39 is 18.7 Å². The molecule has 0 aliphatic heterocycles. The highest BCUT2D eigenvalue weighted by Crippen LogP contribution is 2.17. The number of pyridine rings is 1. The van der Waals surface area contributed by atoms with Gasteiger partial charge in [-0.3, -0.25) is 9.59 Å². The number of carbonyl (C=O) groups is 2. The number of carboxylic acid groups (broad SMARTS) is 1. The van der Waals surface area contributed by atoms with Gasteiger partial charge in [0.15, 0.2) is 6.61 Å². The zero-order valence-electron chi connectivity index (χ0n) is 8.85. The number of hydrogen-bond donors (Lipinski definition) is 2. The molecular weight excluding hydrogens is 257 g/mol. The smallest absolute Gasteiger partial charge is 0.422 e. The lowest BCUT2D eigenvalue weighted by Crippen LogP contribution is -2.19. The summed E-state index contributed by atoms with van der Waals surface area (Å²) in [4.78, 5) is 22.4. The largest absolute Gasteiger partial charge is 0.483 e. The molecule has 1 aromatic rings. The molecular formula is C9H9F3N2O4. The standard InChI is InChI=1S/C8H7F3N2O2.CH2O2/c9-8(10,11)4-15-5-1-2-6(7(12)14)13-3-5;2-1-3/h1-3H,4H2,(H2,12,14);1H,(H,2,3). The number of primary amides is 1. The first-order valence-corrected chi connectivity index (χ1v) is 4.33. The van der Waals surface area contributed by atoms with Gasteiger partial charge >= 0.3 is 6.18 Å². The summed E-state index contributed by atoms with van der Waals surface area (Å²) in [5.41, 5.74) is 4.85. The molecule has 9 heteroatoms. The maximum atomic E-state index is 11.7. The molecule has 18 heavy (non-hydrogen) atoms. The highest BCUT2D eigenvalue weighted by molar-refractivity contribution is 5.90. The van der Waals surface area contributed by atoms with Crippen LogP contribution in [0.4, 0.5) is 13.2 Å². The van der Waals surface area contributed by atoms with Crippen molar-refractivity contribution in [2.24, 2.45) is 5.73 Å². The second-order valence-electron chi connectivity index (χ2n) is 2.75. The molecule has 0 spiro atoms. The quantitative estimate of drug-likeness (QED) is 0.788. The summed E-state index contributed by atoms with van der Waals surface area (Å²) in [6.45, 7) is -1.65. The van der Waals surface area contributed by atoms with E-state index in [-0.39, 0.29) is 17.9 Å². The van der Waals surface area contributed by atoms with Crippen LogP contribution in [0.3, 0.4) is 0 Å². The van der Waals surface area contributed by atoms with Crippen molar-refractivity contribution >= 4 is 12.4 Å². The second-order valence-corrected chi connectivity index (χ2v) is 2.75. The molecule has 0 atom stereocenters. The summed E-state index contributed by atoms with van der Waals surface area (Å²) < 4.78 is 39.6. The van der Waals surface area contributed by atoms with E-state index in [1.807, 2.05) is 0 Å². The highest BCUT2D eigenvalue weighted by Gasteiger charge is 2.28. The van der Waals surface area contributed by atoms with Crippen LogP contribution in [0.15, 0.2) is 18.3 Å². The second kappa shape index (κ2) is 7.09. The third-order valence-electron chi connectivity index (χ3n) is 1.39. The van der Waals surface area contributed by atoms with Crippen molar-refractivity contribution < 1.29 is 32.6 Å². The Kier molecular flexibility index (Phi) is 6.18. The maximum absolute atomic E-state index is 11.7. The van der Waals surface area contributed by atoms with Crippen LogP contribution in [0.25, 0.3) is 0 Å². The van der Waals surface area contributed by atoms with Crippen molar-refractivity contribution in [2.75, 3.05) is 6.61 Å². The molecule has 0 saturated carbocycles. The Balaban J connectivity index is 0.000000873. The molecule has 100 valence electrons. The number of rotatable bonds is 3. The minimum atomic E-state index is -4.40. The van der Waals surface area contributed by atoms with E-state index in [1.165, 1.54) is 12.1 Å². The Bertz CT molecular complexity index is 392. The fourth-order valence-electron chi connectivity index (χ4n) is 0.777. The molecule has 0 aliphatic rings. The number of ether oxygens (including phenoxy) is 1. The lowest BCUT2D eigenvalue weighted by Gasteiger charge is -2.08. The average Bonchev–Trinajstić information content (AvgIpc) is 2.27. The summed E-state index contributed by atoms with van der Waals surface area (Å²) in [5.74, 6) is -0.824. The van der Waals surface area contributed by atoms with Crippen LogP contribution in [-0.2, 0) is 4.79 Å². The molecule has 0 bridgehead atoms. The summed E-state index contributed by atoms with van der Waals surface area (Å²) in [6, 6.07) is 2.38. The number of amides is 1. The SMILES string of the molecule is NC(=O)c1ccc(OCC(F)(F)F)cn1.O=CO. The van der Waals surface area contributed by atoms with E-state index in [4.69, 9.17) is 15.6 Å². The van der Waals surface area contributed by atoms with Gasteiger partial charge in [0.1, 0.15) is 11.4 Å². The normalized spacial score (nSPS) is 9.94. The molecule has 3 N–H and O–H groups in total. The fourth-order valence-corrected chi connectivity index (χ4v) is 0.777. The van der Waals surface area contributed by atoms with E-state index in [2.05, 4.69) is 9.72 Å². The summed E-state index contributed by atoms with van der Waals surface area (Å²) in [6.07, 6.45) is -3.39. The zero-order valence-corrected chi connectivity index (χ0v) is 8.85. The van der Waals surface area contributed by atoms with Crippen molar-refractivity contribution in [1.82, 2.24) is 4.98 Å². The predicted molar refractivity (Wildman–Crippen MR) is 53.0 cm³/mol. The van der Waals surface area contributed by atoms with Gasteiger partial charge in [-0.15, -0.1) is 0 Å². The molecule has 0 fully saturated rings. The van der Waals surface area contributed by atoms with E-state index >= 15 is 0 Å². The monoisotopic (exact) mass is 266 g/mol. The van der Waals surface area contributed by atoms with Crippen LogP contribution in [0.1, 0.15) is 10.5 Å². The molecule has 0 aliphatic carbocycles. The van der Waals surface area contributed by atoms with Gasteiger partial charge in [0.2, 0.25) is 0 Å². The number of hydrogen-bond acceptors (Lipinski definition) is 4. The summed E-state index contributed by atoms with van der Waals surface area (Å²) >= 11 is 0. The van der Waals surface area contributed by atoms with Crippen molar-refractivity contribution in [3.05, 3.63) is 24.0 Å². The first-order valence-electron chi connectivity index (χ1n) is 4.33. The molecule has 0 radical (unpaired) electrons. The maximum Gasteiger partial charge on any atom is 0.422 e. The lowest BCUT2D eigenvalue weighted by molar-refractivity contribution is -0.153. The average molecular weight is 266 g/mol. The molecule has 0 saturated heterocycles. The van der Waals surface area contributed by atoms with Crippen LogP contribution in [-0.4, -0.2) is 35.3 Å². The minimum Gasteiger partial charge on any atom is -0.483 e. The van der Waals surface area contributed by atoms with Gasteiger partial charge in [-0.05, 0) is 12.1 Å². The molecule has 1 heterocycles. The van der Waals surface area contributed by atoms with Crippen LogP contribution >= 0.6 is 0 Å². The Morgan fingerprint density at radius 1 is 1.50 bits per heavy atom. The van der Waals surface area contributed by atoms with Gasteiger partial charge in [0, 0.05) is 0 Å². The number of alkyl halides is 3. The van der Waals surface area contributed by atoms with E-state index in [0.717, 1.165) is 6.20 Å². The topological polar surface area (TPSA) is 103 Å². The van der Waals surface area contributed by atoms with Crippen molar-refractivity contribution in [3.8, 4) is 5.75 Å². The van der Waals surface area contributed by atoms with E-state index in [9.17, 15) is 18.0 Å². The van der Waals surface area contributed by atoms with Crippen molar-refractivity contribution in [3.63, 3.8) is 0 Å². The Morgan fingerprint density at radius 3 is 2.39 bits per heavy atom. The van der Waals surface area contributed by atoms with E-state index in [0.29, 0.717) is 0 Å². The zero-order chi connectivity index (χ0) is 14.2. The Hall–Kier alpha value is -2.32. The van der Waals surface area contributed by atoms with Gasteiger partial charge in [0.25, 0.3) is 12.4 Å².